The molecule has 12 heteroatoms. The molecule has 4 rings (SSSR count). The number of guanidine groups is 1. The predicted octanol–water partition coefficient (Wildman–Crippen LogP) is 4.98. The molecular formula is C31H39F3N8O. The molecular weight excluding hydrogens is 557 g/mol. The van der Waals surface area contributed by atoms with Gasteiger partial charge >= 0.3 is 11.9 Å². The zero-order valence-electron chi connectivity index (χ0n) is 24.6. The number of benzene rings is 2. The van der Waals surface area contributed by atoms with Crippen molar-refractivity contribution in [3.63, 3.8) is 0 Å². The van der Waals surface area contributed by atoms with Crippen LogP contribution >= 0.6 is 0 Å². The third-order valence-electron chi connectivity index (χ3n) is 7.36. The highest BCUT2D eigenvalue weighted by Gasteiger charge is 2.31. The van der Waals surface area contributed by atoms with Crippen molar-refractivity contribution in [2.45, 2.75) is 70.8 Å². The minimum atomic E-state index is -4.49. The van der Waals surface area contributed by atoms with Crippen LogP contribution in [0.1, 0.15) is 62.8 Å². The van der Waals surface area contributed by atoms with E-state index in [4.69, 9.17) is 16.9 Å². The van der Waals surface area contributed by atoms with Crippen LogP contribution in [0.15, 0.2) is 59.5 Å². The number of halogens is 3. The van der Waals surface area contributed by atoms with Gasteiger partial charge in [0.05, 0.1) is 11.3 Å². The van der Waals surface area contributed by atoms with Gasteiger partial charge in [-0.3, -0.25) is 9.98 Å². The maximum Gasteiger partial charge on any atom is 0.416 e. The lowest BCUT2D eigenvalue weighted by Gasteiger charge is -2.21. The lowest BCUT2D eigenvalue weighted by atomic mass is 9.99. The number of aryl methyl sites for hydroxylation is 1. The number of rotatable bonds is 12. The average Bonchev–Trinajstić information content (AvgIpc) is 3.34. The van der Waals surface area contributed by atoms with Gasteiger partial charge in [-0.15, -0.1) is 0 Å². The minimum Gasteiger partial charge on any atom is -0.370 e. The number of aromatic amines is 1. The molecule has 0 aliphatic rings. The van der Waals surface area contributed by atoms with Gasteiger partial charge in [0.15, 0.2) is 5.96 Å². The molecule has 0 unspecified atom stereocenters. The van der Waals surface area contributed by atoms with Gasteiger partial charge in [0.2, 0.25) is 0 Å². The Kier molecular flexibility index (Phi) is 9.92. The summed E-state index contributed by atoms with van der Waals surface area (Å²) in [5.74, 6) is -0.0526. The summed E-state index contributed by atoms with van der Waals surface area (Å²) in [7, 11) is 0. The van der Waals surface area contributed by atoms with Crippen LogP contribution in [0.25, 0.3) is 28.0 Å². The summed E-state index contributed by atoms with van der Waals surface area (Å²) >= 11 is 0. The summed E-state index contributed by atoms with van der Waals surface area (Å²) in [6, 6.07) is 13.5. The van der Waals surface area contributed by atoms with Crippen molar-refractivity contribution in [3.05, 3.63) is 81.9 Å². The van der Waals surface area contributed by atoms with Gasteiger partial charge in [0.25, 0.3) is 0 Å². The molecule has 0 saturated heterocycles. The van der Waals surface area contributed by atoms with E-state index in [1.165, 1.54) is 10.6 Å². The molecule has 0 bridgehead atoms. The Bertz CT molecular complexity index is 1610. The lowest BCUT2D eigenvalue weighted by Crippen LogP contribution is -2.36. The fourth-order valence-electron chi connectivity index (χ4n) is 5.07. The molecule has 2 aromatic carbocycles. The third kappa shape index (κ3) is 8.45. The highest BCUT2D eigenvalue weighted by molar-refractivity contribution is 5.82. The van der Waals surface area contributed by atoms with Gasteiger partial charge in [0, 0.05) is 41.9 Å². The third-order valence-corrected chi connectivity index (χ3v) is 7.36. The number of hydrogen-bond acceptors (Lipinski definition) is 5. The molecule has 2 heterocycles. The molecule has 0 aliphatic carbocycles. The van der Waals surface area contributed by atoms with E-state index in [0.29, 0.717) is 59.3 Å². The monoisotopic (exact) mass is 596 g/mol. The second kappa shape index (κ2) is 13.4. The molecule has 8 N–H and O–H groups in total. The molecule has 0 saturated carbocycles. The van der Waals surface area contributed by atoms with E-state index < -0.39 is 17.4 Å². The normalized spacial score (nSPS) is 14.0. The van der Waals surface area contributed by atoms with Crippen molar-refractivity contribution < 1.29 is 13.2 Å². The van der Waals surface area contributed by atoms with Gasteiger partial charge in [-0.05, 0) is 99.5 Å². The van der Waals surface area contributed by atoms with E-state index in [1.807, 2.05) is 38.1 Å². The Labute approximate surface area is 248 Å². The number of H-pyrrole nitrogens is 1. The minimum absolute atomic E-state index is 0.0230. The topological polar surface area (TPSA) is 151 Å². The Hall–Kier alpha value is -4.16. The van der Waals surface area contributed by atoms with Gasteiger partial charge in [0.1, 0.15) is 5.65 Å². The summed E-state index contributed by atoms with van der Waals surface area (Å²) in [6.45, 7) is 6.57. The number of alkyl halides is 3. The number of nitrogens with one attached hydrogen (secondary N) is 4. The summed E-state index contributed by atoms with van der Waals surface area (Å²) in [5, 5.41) is 14.1. The summed E-state index contributed by atoms with van der Waals surface area (Å²) in [4.78, 5) is 20.1. The van der Waals surface area contributed by atoms with Gasteiger partial charge in [-0.2, -0.15) is 18.2 Å². The van der Waals surface area contributed by atoms with Crippen molar-refractivity contribution in [3.8, 4) is 16.9 Å². The van der Waals surface area contributed by atoms with Crippen LogP contribution in [0, 0.1) is 5.41 Å². The molecule has 0 aliphatic heterocycles. The fourth-order valence-corrected chi connectivity index (χ4v) is 5.07. The summed E-state index contributed by atoms with van der Waals surface area (Å²) in [5.41, 5.74) is 13.3. The molecule has 3 atom stereocenters. The predicted molar refractivity (Wildman–Crippen MR) is 164 cm³/mol. The first-order valence-electron chi connectivity index (χ1n) is 14.3. The molecule has 0 radical (unpaired) electrons. The van der Waals surface area contributed by atoms with Crippen molar-refractivity contribution in [1.82, 2.24) is 25.2 Å². The van der Waals surface area contributed by atoms with E-state index >= 15 is 0 Å². The number of nitrogens with two attached hydrogens (primary N) is 2. The first-order valence-corrected chi connectivity index (χ1v) is 14.3. The first kappa shape index (κ1) is 31.8. The molecule has 9 nitrogen and oxygen atoms in total. The van der Waals surface area contributed by atoms with E-state index in [-0.39, 0.29) is 24.1 Å². The number of nitrogens with zero attached hydrogens (tertiary/aromatic N) is 2. The molecule has 4 aromatic rings. The van der Waals surface area contributed by atoms with Crippen molar-refractivity contribution >= 4 is 17.0 Å². The highest BCUT2D eigenvalue weighted by atomic mass is 19.4. The Morgan fingerprint density at radius 1 is 1.09 bits per heavy atom. The first-order chi connectivity index (χ1) is 20.3. The quantitative estimate of drug-likeness (QED) is 0.100. The molecule has 230 valence electrons. The van der Waals surface area contributed by atoms with Crippen LogP contribution in [0.2, 0.25) is 0 Å². The highest BCUT2D eigenvalue weighted by Crippen LogP contribution is 2.34. The van der Waals surface area contributed by atoms with Crippen molar-refractivity contribution in [2.75, 3.05) is 6.54 Å². The van der Waals surface area contributed by atoms with Crippen molar-refractivity contribution in [1.29, 1.82) is 5.41 Å². The molecule has 0 amide bonds. The smallest absolute Gasteiger partial charge is 0.370 e. The standard InChI is InChI=1S/C31H39F3N8O/c1-18(35)5-4-6-21-13-23(15-25(14-21)31(32,33)34)27-16-24-17-42(30(43)41-28(24)40-27)26-9-7-22(8-10-26)20(3)39-19(2)11-12-38-29(36)37/h7-10,13-20,39H,4-6,11-12,35H2,1-3H3,(H4,36,37,38)(H,40,41,43)/t18-,19+,20-/m0/s1. The van der Waals surface area contributed by atoms with E-state index in [0.717, 1.165) is 18.1 Å². The zero-order valence-corrected chi connectivity index (χ0v) is 24.6. The maximum absolute atomic E-state index is 13.7. The summed E-state index contributed by atoms with van der Waals surface area (Å²) < 4.78 is 42.6. The van der Waals surface area contributed by atoms with Gasteiger partial charge in [-0.1, -0.05) is 12.1 Å². The Morgan fingerprint density at radius 3 is 2.47 bits per heavy atom. The number of fused-ring (bicyclic) bond motifs is 1. The lowest BCUT2D eigenvalue weighted by molar-refractivity contribution is -0.137. The second-order valence-corrected chi connectivity index (χ2v) is 11.2. The second-order valence-electron chi connectivity index (χ2n) is 11.2. The van der Waals surface area contributed by atoms with Crippen LogP contribution in [-0.4, -0.2) is 39.1 Å². The molecule has 0 spiro atoms. The average molecular weight is 597 g/mol. The SMILES string of the molecule is C[C@H](N)CCCc1cc(-c2cc3cn(-c4ccc([C@H](C)N[C@H](C)CCNC(=N)N)cc4)c(=O)nc3[nH]2)cc(C(F)(F)F)c1. The van der Waals surface area contributed by atoms with Crippen LogP contribution < -0.4 is 27.8 Å². The molecule has 0 fully saturated rings. The largest absolute Gasteiger partial charge is 0.416 e. The van der Waals surface area contributed by atoms with Crippen LogP contribution in [0.3, 0.4) is 0 Å². The van der Waals surface area contributed by atoms with Crippen LogP contribution in [0.5, 0.6) is 0 Å². The summed E-state index contributed by atoms with van der Waals surface area (Å²) in [6.07, 6.45) is -0.201. The maximum atomic E-state index is 13.7. The number of hydrogen-bond donors (Lipinski definition) is 6. The van der Waals surface area contributed by atoms with Gasteiger partial charge < -0.3 is 27.1 Å². The fraction of sp³-hybridized carbons (Fsp3) is 0.387. The zero-order chi connectivity index (χ0) is 31.3. The van der Waals surface area contributed by atoms with Crippen LogP contribution in [-0.2, 0) is 12.6 Å². The van der Waals surface area contributed by atoms with Crippen LogP contribution in [0.4, 0.5) is 13.2 Å². The number of aromatic nitrogens is 3. The van der Waals surface area contributed by atoms with Gasteiger partial charge in [-0.25, -0.2) is 4.79 Å². The van der Waals surface area contributed by atoms with E-state index in [2.05, 4.69) is 27.5 Å². The molecule has 43 heavy (non-hydrogen) atoms. The van der Waals surface area contributed by atoms with E-state index in [1.54, 1.807) is 18.3 Å². The Morgan fingerprint density at radius 2 is 1.81 bits per heavy atom. The Balaban J connectivity index is 1.56. The van der Waals surface area contributed by atoms with Crippen molar-refractivity contribution in [2.24, 2.45) is 11.5 Å². The molecule has 2 aromatic heterocycles. The van der Waals surface area contributed by atoms with E-state index in [9.17, 15) is 18.0 Å².